The Morgan fingerprint density at radius 3 is 2.28 bits per heavy atom. The summed E-state index contributed by atoms with van der Waals surface area (Å²) in [5.74, 6) is 0.314. The molecule has 0 saturated carbocycles. The lowest BCUT2D eigenvalue weighted by Crippen LogP contribution is -2.37. The maximum absolute atomic E-state index is 10.6. The van der Waals surface area contributed by atoms with E-state index in [4.69, 9.17) is 0 Å². The molecule has 18 heavy (non-hydrogen) atoms. The fraction of sp³-hybridized carbons (Fsp3) is 0.375. The van der Waals surface area contributed by atoms with Gasteiger partial charge >= 0.3 is 0 Å². The van der Waals surface area contributed by atoms with Gasteiger partial charge in [0.25, 0.3) is 0 Å². The molecule has 96 valence electrons. The summed E-state index contributed by atoms with van der Waals surface area (Å²) in [7, 11) is 0. The molecule has 0 fully saturated rings. The molecule has 1 aliphatic carbocycles. The van der Waals surface area contributed by atoms with Gasteiger partial charge < -0.3 is 10.2 Å². The topological polar surface area (TPSA) is 40.5 Å². The molecule has 1 aliphatic rings. The molecule has 1 atom stereocenters. The van der Waals surface area contributed by atoms with Crippen LogP contribution in [-0.4, -0.2) is 16.3 Å². The van der Waals surface area contributed by atoms with Gasteiger partial charge in [0.05, 0.1) is 11.5 Å². The van der Waals surface area contributed by atoms with Gasteiger partial charge in [-0.1, -0.05) is 56.3 Å². The van der Waals surface area contributed by atoms with Crippen molar-refractivity contribution in [2.75, 3.05) is 0 Å². The van der Waals surface area contributed by atoms with Gasteiger partial charge in [-0.2, -0.15) is 0 Å². The van der Waals surface area contributed by atoms with Crippen LogP contribution in [0.4, 0.5) is 0 Å². The van der Waals surface area contributed by atoms with Gasteiger partial charge in [-0.3, -0.25) is 0 Å². The predicted molar refractivity (Wildman–Crippen MR) is 74.2 cm³/mol. The Bertz CT molecular complexity index is 467. The van der Waals surface area contributed by atoms with Gasteiger partial charge in [0, 0.05) is 5.57 Å². The Kier molecular flexibility index (Phi) is 3.58. The minimum Gasteiger partial charge on any atom is -0.511 e. The molecule has 2 nitrogen and oxygen atoms in total. The van der Waals surface area contributed by atoms with Crippen LogP contribution >= 0.6 is 0 Å². The molecule has 1 aromatic rings. The third-order valence-electron chi connectivity index (χ3n) is 4.08. The summed E-state index contributed by atoms with van der Waals surface area (Å²) in [5.41, 5.74) is 1.27. The second-order valence-electron chi connectivity index (χ2n) is 4.80. The Hall–Kier alpha value is -1.54. The van der Waals surface area contributed by atoms with Crippen LogP contribution in [0.25, 0.3) is 5.57 Å². The maximum atomic E-state index is 10.6. The minimum atomic E-state index is -0.611. The molecular formula is C16H20O2. The summed E-state index contributed by atoms with van der Waals surface area (Å²) < 4.78 is 0. The highest BCUT2D eigenvalue weighted by Gasteiger charge is 2.41. The molecular weight excluding hydrogens is 224 g/mol. The molecule has 2 N–H and O–H groups in total. The number of aliphatic hydroxyl groups excluding tert-OH is 2. The first-order valence-corrected chi connectivity index (χ1v) is 6.51. The summed E-state index contributed by atoms with van der Waals surface area (Å²) in [6, 6.07) is 9.81. The zero-order chi connectivity index (χ0) is 13.2. The quantitative estimate of drug-likeness (QED) is 0.851. The lowest BCUT2D eigenvalue weighted by molar-refractivity contribution is 0.0472. The van der Waals surface area contributed by atoms with Crippen molar-refractivity contribution in [1.29, 1.82) is 0 Å². The van der Waals surface area contributed by atoms with Crippen LogP contribution in [0.2, 0.25) is 0 Å². The number of aliphatic hydroxyl groups is 2. The number of hydrogen-bond donors (Lipinski definition) is 2. The predicted octanol–water partition coefficient (Wildman–Crippen LogP) is 3.69. The summed E-state index contributed by atoms with van der Waals surface area (Å²) in [5, 5.41) is 20.7. The summed E-state index contributed by atoms with van der Waals surface area (Å²) in [4.78, 5) is 0. The average Bonchev–Trinajstić information content (AvgIpc) is 2.41. The molecule has 0 aliphatic heterocycles. The van der Waals surface area contributed by atoms with Gasteiger partial charge in [0.1, 0.15) is 5.76 Å². The van der Waals surface area contributed by atoms with E-state index in [-0.39, 0.29) is 0 Å². The summed E-state index contributed by atoms with van der Waals surface area (Å²) >= 11 is 0. The summed E-state index contributed by atoms with van der Waals surface area (Å²) in [6.45, 7) is 4.01. The van der Waals surface area contributed by atoms with Gasteiger partial charge in [-0.25, -0.2) is 0 Å². The zero-order valence-corrected chi connectivity index (χ0v) is 10.9. The van der Waals surface area contributed by atoms with E-state index < -0.39 is 11.5 Å². The lowest BCUT2D eigenvalue weighted by Gasteiger charge is -2.38. The average molecular weight is 244 g/mol. The molecule has 0 spiro atoms. The van der Waals surface area contributed by atoms with Crippen molar-refractivity contribution in [3.63, 3.8) is 0 Å². The van der Waals surface area contributed by atoms with Crippen LogP contribution in [0.15, 0.2) is 48.2 Å². The number of rotatable bonds is 3. The number of hydrogen-bond acceptors (Lipinski definition) is 2. The standard InChI is InChI=1S/C16H20O2/c1-3-16(4-2)14(17)11-10-13(15(16)18)12-8-6-5-7-9-12/h5-11,14,17-18H,3-4H2,1-2H3/t14-/m0/s1. The van der Waals surface area contributed by atoms with Gasteiger partial charge in [0.15, 0.2) is 0 Å². The molecule has 2 heteroatoms. The second kappa shape index (κ2) is 4.99. The summed E-state index contributed by atoms with van der Waals surface area (Å²) in [6.07, 6.45) is 4.43. The van der Waals surface area contributed by atoms with Gasteiger partial charge in [0.2, 0.25) is 0 Å². The molecule has 0 saturated heterocycles. The third-order valence-corrected chi connectivity index (χ3v) is 4.08. The van der Waals surface area contributed by atoms with E-state index in [1.54, 1.807) is 6.08 Å². The highest BCUT2D eigenvalue weighted by molar-refractivity contribution is 5.77. The third kappa shape index (κ3) is 1.87. The van der Waals surface area contributed by atoms with Crippen molar-refractivity contribution in [1.82, 2.24) is 0 Å². The first-order chi connectivity index (χ1) is 8.65. The SMILES string of the molecule is CCC1(CC)C(O)=C(c2ccccc2)C=C[C@@H]1O. The Balaban J connectivity index is 2.54. The highest BCUT2D eigenvalue weighted by Crippen LogP contribution is 2.44. The smallest absolute Gasteiger partial charge is 0.109 e. The van der Waals surface area contributed by atoms with Gasteiger partial charge in [-0.05, 0) is 18.4 Å². The van der Waals surface area contributed by atoms with Crippen molar-refractivity contribution < 1.29 is 10.2 Å². The van der Waals surface area contributed by atoms with Crippen LogP contribution in [0.1, 0.15) is 32.3 Å². The largest absolute Gasteiger partial charge is 0.511 e. The van der Waals surface area contributed by atoms with E-state index in [1.165, 1.54) is 0 Å². The van der Waals surface area contributed by atoms with Crippen molar-refractivity contribution in [2.45, 2.75) is 32.8 Å². The van der Waals surface area contributed by atoms with Crippen molar-refractivity contribution >= 4 is 5.57 Å². The van der Waals surface area contributed by atoms with Crippen molar-refractivity contribution in [3.05, 3.63) is 53.8 Å². The molecule has 0 bridgehead atoms. The normalized spacial score (nSPS) is 22.3. The highest BCUT2D eigenvalue weighted by atomic mass is 16.3. The van der Waals surface area contributed by atoms with Crippen LogP contribution < -0.4 is 0 Å². The van der Waals surface area contributed by atoms with E-state index in [9.17, 15) is 10.2 Å². The van der Waals surface area contributed by atoms with Crippen LogP contribution in [0.3, 0.4) is 0 Å². The zero-order valence-electron chi connectivity index (χ0n) is 10.9. The minimum absolute atomic E-state index is 0.314. The first-order valence-electron chi connectivity index (χ1n) is 6.51. The molecule has 0 amide bonds. The second-order valence-corrected chi connectivity index (χ2v) is 4.80. The van der Waals surface area contributed by atoms with E-state index in [0.717, 1.165) is 24.0 Å². The monoisotopic (exact) mass is 244 g/mol. The lowest BCUT2D eigenvalue weighted by atomic mass is 9.70. The molecule has 1 aromatic carbocycles. The molecule has 0 aromatic heterocycles. The molecule has 0 radical (unpaired) electrons. The Morgan fingerprint density at radius 1 is 1.11 bits per heavy atom. The van der Waals surface area contributed by atoms with Crippen LogP contribution in [-0.2, 0) is 0 Å². The van der Waals surface area contributed by atoms with Gasteiger partial charge in [-0.15, -0.1) is 0 Å². The van der Waals surface area contributed by atoms with E-state index in [1.807, 2.05) is 50.3 Å². The van der Waals surface area contributed by atoms with E-state index >= 15 is 0 Å². The Morgan fingerprint density at radius 2 is 1.72 bits per heavy atom. The first kappa shape index (κ1) is 12.9. The number of allylic oxidation sites excluding steroid dienone is 2. The fourth-order valence-electron chi connectivity index (χ4n) is 2.71. The molecule has 0 heterocycles. The van der Waals surface area contributed by atoms with E-state index in [2.05, 4.69) is 0 Å². The van der Waals surface area contributed by atoms with Crippen molar-refractivity contribution in [3.8, 4) is 0 Å². The van der Waals surface area contributed by atoms with E-state index in [0.29, 0.717) is 5.76 Å². The fourth-order valence-corrected chi connectivity index (χ4v) is 2.71. The maximum Gasteiger partial charge on any atom is 0.109 e. The van der Waals surface area contributed by atoms with Crippen molar-refractivity contribution in [2.24, 2.45) is 5.41 Å². The van der Waals surface area contributed by atoms with Crippen LogP contribution in [0.5, 0.6) is 0 Å². The molecule has 0 unspecified atom stereocenters. The molecule has 2 rings (SSSR count). The van der Waals surface area contributed by atoms with Crippen LogP contribution in [0, 0.1) is 5.41 Å². The number of benzene rings is 1. The Labute approximate surface area is 108 Å².